The number of halogens is 7. The average molecular weight is 1740 g/mol. The minimum atomic E-state index is -0.424. The summed E-state index contributed by atoms with van der Waals surface area (Å²) in [6.45, 7) is 7.91. The molecule has 0 bridgehead atoms. The van der Waals surface area contributed by atoms with Gasteiger partial charge in [0.05, 0.1) is 81.2 Å². The number of pyridine rings is 4. The lowest BCUT2D eigenvalue weighted by Crippen LogP contribution is -2.33. The van der Waals surface area contributed by atoms with E-state index in [1.807, 2.05) is 80.6 Å². The van der Waals surface area contributed by atoms with Crippen molar-refractivity contribution in [3.05, 3.63) is 328 Å². The number of hydrogen-bond acceptors (Lipinski definition) is 14. The number of carbonyl (C=O) groups excluding carboxylic acids is 8. The zero-order valence-corrected chi connectivity index (χ0v) is 70.0. The first-order chi connectivity index (χ1) is 57.4. The number of rotatable bonds is 23. The van der Waals surface area contributed by atoms with Crippen LogP contribution >= 0.6 is 81.2 Å². The third kappa shape index (κ3) is 25.3. The van der Waals surface area contributed by atoms with Gasteiger partial charge in [-0.05, 0) is 239 Å². The molecule has 119 heavy (non-hydrogen) atoms. The number of hydrogen-bond donors (Lipinski definition) is 8. The second-order valence-electron chi connectivity index (χ2n) is 26.8. The molecule has 0 spiro atoms. The Bertz CT molecular complexity index is 5470. The van der Waals surface area contributed by atoms with Crippen LogP contribution in [0.1, 0.15) is 115 Å². The summed E-state index contributed by atoms with van der Waals surface area (Å²) in [6, 6.07) is 61.5. The summed E-state index contributed by atoms with van der Waals surface area (Å²) in [4.78, 5) is 120. The van der Waals surface area contributed by atoms with Crippen molar-refractivity contribution < 1.29 is 43.5 Å². The Labute approximate surface area is 723 Å². The van der Waals surface area contributed by atoms with Gasteiger partial charge in [-0.3, -0.25) is 58.3 Å². The molecule has 0 saturated carbocycles. The van der Waals surface area contributed by atoms with Crippen LogP contribution in [0.4, 0.5) is 22.7 Å². The minimum absolute atomic E-state index is 0.104. The lowest BCUT2D eigenvalue weighted by molar-refractivity contribution is 0.0825. The predicted molar refractivity (Wildman–Crippen MR) is 474 cm³/mol. The molecule has 0 unspecified atom stereocenters. The van der Waals surface area contributed by atoms with E-state index in [1.54, 1.807) is 154 Å². The maximum atomic E-state index is 12.8. The van der Waals surface area contributed by atoms with E-state index in [9.17, 15) is 38.4 Å². The monoisotopic (exact) mass is 1730 g/mol. The molecule has 0 aliphatic carbocycles. The zero-order chi connectivity index (χ0) is 85.1. The van der Waals surface area contributed by atoms with Crippen LogP contribution < -0.4 is 37.2 Å². The van der Waals surface area contributed by atoms with Gasteiger partial charge in [0.2, 0.25) is 0 Å². The van der Waals surface area contributed by atoms with Crippen LogP contribution in [0.3, 0.4) is 0 Å². The molecular formula is C90H80Cl7N13O9. The van der Waals surface area contributed by atoms with Gasteiger partial charge in [-0.1, -0.05) is 112 Å². The number of aliphatic hydroxyl groups excluding tert-OH is 1. The summed E-state index contributed by atoms with van der Waals surface area (Å²) >= 11 is 43.9. The number of nitrogens with one attached hydrogen (secondary N) is 7. The number of aromatic nitrogens is 4. The van der Waals surface area contributed by atoms with Crippen molar-refractivity contribution in [2.75, 3.05) is 81.2 Å². The standard InChI is InChI=1S/C25H24Cl2N4O2.C22H19Cl2N3O2.C22H20ClN3O2.C21H17Cl2N3O3/c26-21-9-7-18(16-20(21)23-5-1-2-10-28-23)30-25(33)19-8-6-17(15-22(19)27)24(32)29-11-14-31-12-3-4-13-31;1-2-10-26-21(28)14-6-8-16(19(24)12-14)22(29)27-15-7-9-18(23)17(13-15)20-5-3-4-11-25-20;1-14-12-15(22(28)26(2)3)7-9-17(14)21(27)25-16-8-10-19(23)18(13-16)20-6-4-5-11-24-20;22-17-7-5-14(12-16(17)19-3-1-2-8-24-19)26-21(29)15-6-4-13(11-18(15)23)20(28)25-9-10-27/h1-2,5-10,15-16H,3-4,11-14H2,(H,29,32)(H,30,33);3-9,11-13H,2,10H2,1H3,(H,26,28)(H,27,29);4-13H,1-3H3,(H,25,27);1-8,11-12,27H,9-10H2,(H,25,28)(H,26,29). The summed E-state index contributed by atoms with van der Waals surface area (Å²) in [6.07, 6.45) is 9.98. The first-order valence-electron chi connectivity index (χ1n) is 37.3. The molecule has 12 aromatic rings. The van der Waals surface area contributed by atoms with Crippen molar-refractivity contribution in [1.29, 1.82) is 0 Å². The summed E-state index contributed by atoms with van der Waals surface area (Å²) in [5.41, 5.74) is 11.6. The Morgan fingerprint density at radius 1 is 0.361 bits per heavy atom. The molecule has 8 N–H and O–H groups in total. The van der Waals surface area contributed by atoms with Gasteiger partial charge in [-0.2, -0.15) is 0 Å². The van der Waals surface area contributed by atoms with Crippen LogP contribution in [-0.2, 0) is 0 Å². The van der Waals surface area contributed by atoms with E-state index in [2.05, 4.69) is 62.1 Å². The van der Waals surface area contributed by atoms with Gasteiger partial charge in [0.25, 0.3) is 47.3 Å². The third-order valence-corrected chi connectivity index (χ3v) is 20.3. The topological polar surface area (TPSA) is 299 Å². The van der Waals surface area contributed by atoms with Crippen LogP contribution in [0.5, 0.6) is 0 Å². The molecule has 8 aromatic carbocycles. The number of amides is 8. The maximum Gasteiger partial charge on any atom is 0.257 e. The van der Waals surface area contributed by atoms with Gasteiger partial charge in [0, 0.05) is 138 Å². The van der Waals surface area contributed by atoms with Crippen LogP contribution in [0.25, 0.3) is 45.0 Å². The van der Waals surface area contributed by atoms with Gasteiger partial charge in [0.15, 0.2) is 0 Å². The molecule has 1 aliphatic heterocycles. The molecule has 4 aromatic heterocycles. The Kier molecular flexibility index (Phi) is 33.1. The van der Waals surface area contributed by atoms with E-state index < -0.39 is 5.91 Å². The van der Waals surface area contributed by atoms with Gasteiger partial charge < -0.3 is 52.1 Å². The Morgan fingerprint density at radius 3 is 0.966 bits per heavy atom. The van der Waals surface area contributed by atoms with Gasteiger partial charge >= 0.3 is 0 Å². The highest BCUT2D eigenvalue weighted by atomic mass is 35.5. The fourth-order valence-corrected chi connectivity index (χ4v) is 13.6. The van der Waals surface area contributed by atoms with E-state index in [0.717, 1.165) is 42.9 Å². The molecule has 1 saturated heterocycles. The van der Waals surface area contributed by atoms with Crippen LogP contribution in [0.2, 0.25) is 35.2 Å². The number of likely N-dealkylation sites (tertiary alicyclic amines) is 1. The predicted octanol–water partition coefficient (Wildman–Crippen LogP) is 19.3. The number of carbonyl (C=O) groups is 8. The SMILES string of the molecule is CCCNC(=O)c1ccc(C(=O)Nc2ccc(Cl)c(-c3ccccn3)c2)c(Cl)c1.Cc1cc(C(=O)N(C)C)ccc1C(=O)Nc1ccc(Cl)c(-c2ccccn2)c1.O=C(NCCN1CCCC1)c1ccc(C(=O)Nc2ccc(Cl)c(-c3ccccn3)c2)c(Cl)c1.O=C(NCCO)c1ccc(C(=O)Nc2ccc(Cl)c(-c3ccccn3)c2)c(Cl)c1. The number of benzene rings is 8. The molecule has 0 atom stereocenters. The van der Waals surface area contributed by atoms with E-state index >= 15 is 0 Å². The van der Waals surface area contributed by atoms with Crippen molar-refractivity contribution in [3.63, 3.8) is 0 Å². The molecule has 608 valence electrons. The molecule has 1 aliphatic rings. The average Bonchev–Trinajstić information content (AvgIpc) is 1.74. The molecule has 8 amide bonds. The summed E-state index contributed by atoms with van der Waals surface area (Å²) < 4.78 is 0. The van der Waals surface area contributed by atoms with Gasteiger partial charge in [-0.25, -0.2) is 0 Å². The maximum absolute atomic E-state index is 12.8. The molecule has 13 rings (SSSR count). The van der Waals surface area contributed by atoms with Crippen LogP contribution in [0.15, 0.2) is 243 Å². The Hall–Kier alpha value is -11.9. The van der Waals surface area contributed by atoms with Crippen molar-refractivity contribution in [1.82, 2.24) is 45.7 Å². The molecule has 0 radical (unpaired) electrons. The summed E-state index contributed by atoms with van der Waals surface area (Å²) in [5.74, 6) is -2.36. The van der Waals surface area contributed by atoms with Crippen molar-refractivity contribution in [2.24, 2.45) is 0 Å². The zero-order valence-electron chi connectivity index (χ0n) is 64.7. The molecule has 29 heteroatoms. The quantitative estimate of drug-likeness (QED) is 0.0295. The lowest BCUT2D eigenvalue weighted by Gasteiger charge is -2.15. The Balaban J connectivity index is 0.000000167. The van der Waals surface area contributed by atoms with Crippen molar-refractivity contribution >= 4 is 151 Å². The molecule has 22 nitrogen and oxygen atoms in total. The molecule has 5 heterocycles. The first kappa shape index (κ1) is 89.4. The van der Waals surface area contributed by atoms with E-state index in [0.29, 0.717) is 118 Å². The molecule has 1 fully saturated rings. The van der Waals surface area contributed by atoms with E-state index in [-0.39, 0.29) is 86.3 Å². The normalized spacial score (nSPS) is 11.3. The van der Waals surface area contributed by atoms with Crippen molar-refractivity contribution in [3.8, 4) is 45.0 Å². The fourth-order valence-electron chi connectivity index (χ4n) is 12.0. The third-order valence-electron chi connectivity index (χ3n) is 18.1. The molecular weight excluding hydrogens is 1660 g/mol. The largest absolute Gasteiger partial charge is 0.395 e. The second-order valence-corrected chi connectivity index (χ2v) is 29.7. The number of aryl methyl sites for hydroxylation is 1. The van der Waals surface area contributed by atoms with E-state index in [1.165, 1.54) is 54.1 Å². The number of aliphatic hydroxyl groups is 1. The van der Waals surface area contributed by atoms with Gasteiger partial charge in [-0.15, -0.1) is 0 Å². The highest BCUT2D eigenvalue weighted by Crippen LogP contribution is 2.35. The van der Waals surface area contributed by atoms with Crippen molar-refractivity contribution in [2.45, 2.75) is 33.1 Å². The number of nitrogens with zero attached hydrogens (tertiary/aromatic N) is 6. The highest BCUT2D eigenvalue weighted by molar-refractivity contribution is 6.37. The van der Waals surface area contributed by atoms with Crippen LogP contribution in [-0.4, -0.2) is 142 Å². The van der Waals surface area contributed by atoms with E-state index in [4.69, 9.17) is 86.3 Å². The lowest BCUT2D eigenvalue weighted by atomic mass is 10.0. The minimum Gasteiger partial charge on any atom is -0.395 e. The summed E-state index contributed by atoms with van der Waals surface area (Å²) in [5, 5.41) is 31.0. The fraction of sp³-hybridized carbons (Fsp3) is 0.156. The smallest absolute Gasteiger partial charge is 0.257 e. The highest BCUT2D eigenvalue weighted by Gasteiger charge is 2.22. The second kappa shape index (κ2) is 44.0. The van der Waals surface area contributed by atoms with Crippen LogP contribution in [0, 0.1) is 6.92 Å². The first-order valence-corrected chi connectivity index (χ1v) is 40.0. The summed E-state index contributed by atoms with van der Waals surface area (Å²) in [7, 11) is 3.38. The number of anilines is 4. The van der Waals surface area contributed by atoms with Gasteiger partial charge in [0.1, 0.15) is 0 Å². The Morgan fingerprint density at radius 2 is 0.672 bits per heavy atom.